The second kappa shape index (κ2) is 9.09. The van der Waals surface area contributed by atoms with Gasteiger partial charge in [-0.2, -0.15) is 4.98 Å². The highest BCUT2D eigenvalue weighted by molar-refractivity contribution is 6.30. The van der Waals surface area contributed by atoms with E-state index in [4.69, 9.17) is 31.3 Å². The molecule has 146 valence electrons. The number of aliphatic imine (C=N–C) groups is 1. The van der Waals surface area contributed by atoms with Crippen molar-refractivity contribution in [1.82, 2.24) is 10.1 Å². The number of anilines is 1. The predicted molar refractivity (Wildman–Crippen MR) is 108 cm³/mol. The van der Waals surface area contributed by atoms with Crippen LogP contribution in [0.15, 0.2) is 52.0 Å². The average molecular weight is 402 g/mol. The minimum absolute atomic E-state index is 0.237. The molecular weight excluding hydrogens is 382 g/mol. The first-order valence-electron chi connectivity index (χ1n) is 8.46. The number of hydrogen-bond donors (Lipinski definition) is 2. The van der Waals surface area contributed by atoms with E-state index in [1.807, 2.05) is 12.1 Å². The van der Waals surface area contributed by atoms with E-state index in [2.05, 4.69) is 20.4 Å². The highest BCUT2D eigenvalue weighted by Crippen LogP contribution is 2.28. The Hall–Kier alpha value is -3.26. The van der Waals surface area contributed by atoms with E-state index < -0.39 is 0 Å². The number of nitrogens with one attached hydrogen (secondary N) is 1. The Kier molecular flexibility index (Phi) is 6.33. The van der Waals surface area contributed by atoms with Gasteiger partial charge >= 0.3 is 0 Å². The van der Waals surface area contributed by atoms with Gasteiger partial charge < -0.3 is 25.0 Å². The van der Waals surface area contributed by atoms with Gasteiger partial charge in [-0.1, -0.05) is 28.9 Å². The SMILES string of the molecule is COc1ccc(OC)c(NC(N)=NCCc2nc(-c3cccc(Cl)c3)no2)c1. The van der Waals surface area contributed by atoms with Gasteiger partial charge in [0.2, 0.25) is 11.7 Å². The van der Waals surface area contributed by atoms with E-state index in [-0.39, 0.29) is 5.96 Å². The zero-order chi connectivity index (χ0) is 19.9. The van der Waals surface area contributed by atoms with E-state index in [1.54, 1.807) is 44.6 Å². The molecule has 0 saturated carbocycles. The Labute approximate surface area is 167 Å². The van der Waals surface area contributed by atoms with Crippen LogP contribution in [0.4, 0.5) is 5.69 Å². The highest BCUT2D eigenvalue weighted by atomic mass is 35.5. The summed E-state index contributed by atoms with van der Waals surface area (Å²) in [4.78, 5) is 8.63. The number of halogens is 1. The van der Waals surface area contributed by atoms with Crippen molar-refractivity contribution in [2.75, 3.05) is 26.1 Å². The second-order valence-corrected chi connectivity index (χ2v) is 6.17. The van der Waals surface area contributed by atoms with Crippen molar-refractivity contribution in [3.8, 4) is 22.9 Å². The lowest BCUT2D eigenvalue weighted by molar-refractivity contribution is 0.380. The fraction of sp³-hybridized carbons (Fsp3) is 0.211. The van der Waals surface area contributed by atoms with Crippen LogP contribution < -0.4 is 20.5 Å². The lowest BCUT2D eigenvalue weighted by Gasteiger charge is -2.12. The fourth-order valence-electron chi connectivity index (χ4n) is 2.46. The normalized spacial score (nSPS) is 11.3. The van der Waals surface area contributed by atoms with Crippen molar-refractivity contribution < 1.29 is 14.0 Å². The first-order chi connectivity index (χ1) is 13.6. The molecule has 8 nitrogen and oxygen atoms in total. The molecule has 0 saturated heterocycles. The Morgan fingerprint density at radius 3 is 2.82 bits per heavy atom. The van der Waals surface area contributed by atoms with Gasteiger partial charge in [0.05, 0.1) is 26.5 Å². The maximum Gasteiger partial charge on any atom is 0.228 e. The van der Waals surface area contributed by atoms with Crippen molar-refractivity contribution in [3.63, 3.8) is 0 Å². The lowest BCUT2D eigenvalue weighted by Crippen LogP contribution is -2.23. The summed E-state index contributed by atoms with van der Waals surface area (Å²) in [6.45, 7) is 0.377. The topological polar surface area (TPSA) is 108 Å². The molecule has 28 heavy (non-hydrogen) atoms. The quantitative estimate of drug-likeness (QED) is 0.461. The number of ether oxygens (including phenoxy) is 2. The van der Waals surface area contributed by atoms with Crippen LogP contribution >= 0.6 is 11.6 Å². The number of methoxy groups -OCH3 is 2. The largest absolute Gasteiger partial charge is 0.497 e. The van der Waals surface area contributed by atoms with Gasteiger partial charge in [0.25, 0.3) is 0 Å². The minimum atomic E-state index is 0.237. The molecule has 0 radical (unpaired) electrons. The number of aromatic nitrogens is 2. The number of benzene rings is 2. The third-order valence-electron chi connectivity index (χ3n) is 3.83. The van der Waals surface area contributed by atoms with E-state index >= 15 is 0 Å². The lowest BCUT2D eigenvalue weighted by atomic mass is 10.2. The number of nitrogens with two attached hydrogens (primary N) is 1. The molecular formula is C19H20ClN5O3. The molecule has 0 amide bonds. The minimum Gasteiger partial charge on any atom is -0.497 e. The standard InChI is InChI=1S/C19H20ClN5O3/c1-26-14-6-7-16(27-2)15(11-14)23-19(21)22-9-8-17-24-18(25-28-17)12-4-3-5-13(20)10-12/h3-7,10-11H,8-9H2,1-2H3,(H3,21,22,23). The summed E-state index contributed by atoms with van der Waals surface area (Å²) in [5, 5.41) is 7.58. The highest BCUT2D eigenvalue weighted by Gasteiger charge is 2.09. The maximum atomic E-state index is 5.99. The average Bonchev–Trinajstić information content (AvgIpc) is 3.17. The molecule has 0 bridgehead atoms. The molecule has 0 fully saturated rings. The summed E-state index contributed by atoms with van der Waals surface area (Å²) in [7, 11) is 3.17. The summed E-state index contributed by atoms with van der Waals surface area (Å²) in [5.41, 5.74) is 7.40. The molecule has 3 aromatic rings. The van der Waals surface area contributed by atoms with E-state index in [0.717, 1.165) is 5.56 Å². The van der Waals surface area contributed by atoms with Crippen LogP contribution in [0.1, 0.15) is 5.89 Å². The predicted octanol–water partition coefficient (Wildman–Crippen LogP) is 3.38. The summed E-state index contributed by atoms with van der Waals surface area (Å²) < 4.78 is 15.8. The van der Waals surface area contributed by atoms with Crippen LogP contribution in [0.25, 0.3) is 11.4 Å². The van der Waals surface area contributed by atoms with Gasteiger partial charge in [-0.3, -0.25) is 4.99 Å². The van der Waals surface area contributed by atoms with Crippen molar-refractivity contribution in [1.29, 1.82) is 0 Å². The van der Waals surface area contributed by atoms with Crippen LogP contribution in [-0.2, 0) is 6.42 Å². The maximum absolute atomic E-state index is 5.99. The molecule has 2 aromatic carbocycles. The van der Waals surface area contributed by atoms with Gasteiger partial charge in [0, 0.05) is 23.1 Å². The number of guanidine groups is 1. The molecule has 1 aromatic heterocycles. The molecule has 0 spiro atoms. The molecule has 3 rings (SSSR count). The molecule has 9 heteroatoms. The van der Waals surface area contributed by atoms with Crippen LogP contribution in [0, 0.1) is 0 Å². The van der Waals surface area contributed by atoms with E-state index in [0.29, 0.717) is 46.9 Å². The third kappa shape index (κ3) is 4.92. The van der Waals surface area contributed by atoms with Crippen LogP contribution in [0.5, 0.6) is 11.5 Å². The Morgan fingerprint density at radius 2 is 2.07 bits per heavy atom. The molecule has 0 unspecified atom stereocenters. The van der Waals surface area contributed by atoms with Gasteiger partial charge in [-0.15, -0.1) is 0 Å². The zero-order valence-corrected chi connectivity index (χ0v) is 16.2. The summed E-state index contributed by atoms with van der Waals surface area (Å²) >= 11 is 5.99. The monoisotopic (exact) mass is 401 g/mol. The summed E-state index contributed by atoms with van der Waals surface area (Å²) in [6, 6.07) is 12.6. The van der Waals surface area contributed by atoms with Crippen LogP contribution in [0.2, 0.25) is 5.02 Å². The molecule has 0 aliphatic carbocycles. The van der Waals surface area contributed by atoms with Crippen molar-refractivity contribution in [3.05, 3.63) is 53.4 Å². The molecule has 3 N–H and O–H groups in total. The van der Waals surface area contributed by atoms with Crippen LogP contribution in [-0.4, -0.2) is 36.9 Å². The summed E-state index contributed by atoms with van der Waals surface area (Å²) in [5.74, 6) is 2.48. The van der Waals surface area contributed by atoms with Crippen molar-refractivity contribution >= 4 is 23.2 Å². The van der Waals surface area contributed by atoms with Gasteiger partial charge in [-0.25, -0.2) is 0 Å². The Bertz CT molecular complexity index is 974. The van der Waals surface area contributed by atoms with Crippen molar-refractivity contribution in [2.24, 2.45) is 10.7 Å². The third-order valence-corrected chi connectivity index (χ3v) is 4.06. The molecule has 0 aliphatic rings. The molecule has 0 aliphatic heterocycles. The zero-order valence-electron chi connectivity index (χ0n) is 15.5. The fourth-order valence-corrected chi connectivity index (χ4v) is 2.65. The molecule has 1 heterocycles. The van der Waals surface area contributed by atoms with Crippen molar-refractivity contribution in [2.45, 2.75) is 6.42 Å². The number of hydrogen-bond acceptors (Lipinski definition) is 6. The first kappa shape index (κ1) is 19.5. The second-order valence-electron chi connectivity index (χ2n) is 5.73. The molecule has 0 atom stereocenters. The summed E-state index contributed by atoms with van der Waals surface area (Å²) in [6.07, 6.45) is 0.450. The Balaban J connectivity index is 1.61. The number of rotatable bonds is 7. The first-order valence-corrected chi connectivity index (χ1v) is 8.84. The van der Waals surface area contributed by atoms with E-state index in [1.165, 1.54) is 0 Å². The van der Waals surface area contributed by atoms with E-state index in [9.17, 15) is 0 Å². The smallest absolute Gasteiger partial charge is 0.228 e. The van der Waals surface area contributed by atoms with Gasteiger partial charge in [0.1, 0.15) is 11.5 Å². The van der Waals surface area contributed by atoms with Gasteiger partial charge in [0.15, 0.2) is 5.96 Å². The van der Waals surface area contributed by atoms with Gasteiger partial charge in [-0.05, 0) is 24.3 Å². The van der Waals surface area contributed by atoms with Crippen LogP contribution in [0.3, 0.4) is 0 Å². The Morgan fingerprint density at radius 1 is 1.21 bits per heavy atom. The number of nitrogens with zero attached hydrogens (tertiary/aromatic N) is 3.